The normalized spacial score (nSPS) is 13.6. The Bertz CT molecular complexity index is 4610. The number of sulfonamides is 1. The summed E-state index contributed by atoms with van der Waals surface area (Å²) < 4.78 is 27.1. The first-order valence-electron chi connectivity index (χ1n) is 30.2. The zero-order valence-electron chi connectivity index (χ0n) is 52.3. The maximum absolute atomic E-state index is 12.9. The number of benzene rings is 8. The maximum atomic E-state index is 12.9. The zero-order chi connectivity index (χ0) is 67.2. The van der Waals surface area contributed by atoms with Gasteiger partial charge in [0.1, 0.15) is 11.6 Å². The van der Waals surface area contributed by atoms with E-state index >= 15 is 0 Å². The lowest BCUT2D eigenvalue weighted by molar-refractivity contribution is -0.118. The molecule has 6 aliphatic heterocycles. The number of para-hydroxylation sites is 1. The van der Waals surface area contributed by atoms with Gasteiger partial charge in [-0.05, 0) is 174 Å². The van der Waals surface area contributed by atoms with Crippen LogP contribution in [0, 0.1) is 0 Å². The first kappa shape index (κ1) is 67.1. The van der Waals surface area contributed by atoms with Crippen molar-refractivity contribution in [3.05, 3.63) is 257 Å². The average molecular weight is 1310 g/mol. The Morgan fingerprint density at radius 3 is 1.77 bits per heavy atom. The van der Waals surface area contributed by atoms with Crippen molar-refractivity contribution >= 4 is 108 Å². The summed E-state index contributed by atoms with van der Waals surface area (Å²) in [6.07, 6.45) is 3.12. The van der Waals surface area contributed by atoms with Gasteiger partial charge >= 0.3 is 5.97 Å². The molecule has 10 N–H and O–H groups in total. The van der Waals surface area contributed by atoms with Crippen molar-refractivity contribution in [3.8, 4) is 0 Å². The fourth-order valence-electron chi connectivity index (χ4n) is 11.8. The lowest BCUT2D eigenvalue weighted by Crippen LogP contribution is -2.30. The third kappa shape index (κ3) is 15.1. The zero-order valence-corrected chi connectivity index (χ0v) is 53.1. The van der Waals surface area contributed by atoms with Gasteiger partial charge < -0.3 is 62.0 Å². The molecule has 0 saturated heterocycles. The van der Waals surface area contributed by atoms with Crippen molar-refractivity contribution in [2.45, 2.75) is 50.8 Å². The number of anilines is 10. The van der Waals surface area contributed by atoms with Gasteiger partial charge in [0, 0.05) is 90.1 Å². The second-order valence-electron chi connectivity index (χ2n) is 23.0. The molecule has 6 aliphatic rings. The summed E-state index contributed by atoms with van der Waals surface area (Å²) in [5.41, 5.74) is 17.6. The molecule has 0 spiro atoms. The molecule has 0 saturated carbocycles. The number of methoxy groups -OCH3 is 1. The van der Waals surface area contributed by atoms with Crippen LogP contribution in [0.1, 0.15) is 82.2 Å². The molecule has 8 aromatic rings. The maximum Gasteiger partial charge on any atom is 0.337 e. The van der Waals surface area contributed by atoms with Gasteiger partial charge in [-0.15, -0.1) is 0 Å². The summed E-state index contributed by atoms with van der Waals surface area (Å²) in [7, 11) is 0.986. The van der Waals surface area contributed by atoms with Gasteiger partial charge in [0.25, 0.3) is 17.7 Å². The highest BCUT2D eigenvalue weighted by molar-refractivity contribution is 7.89. The number of hydrogen-bond donors (Lipinski definition) is 9. The number of rotatable bonds is 11. The van der Waals surface area contributed by atoms with Crippen LogP contribution in [0.5, 0.6) is 0 Å². The Hall–Kier alpha value is -11.8. The molecular formula is C73H72N12O10S. The van der Waals surface area contributed by atoms with Crippen molar-refractivity contribution in [2.75, 3.05) is 86.2 Å². The van der Waals surface area contributed by atoms with E-state index in [2.05, 4.69) is 62.3 Å². The van der Waals surface area contributed by atoms with E-state index in [4.69, 9.17) is 9.88 Å². The molecule has 8 aromatic carbocycles. The number of ether oxygens (including phenoxy) is 1. The van der Waals surface area contributed by atoms with Crippen molar-refractivity contribution in [3.63, 3.8) is 0 Å². The molecule has 0 aromatic heterocycles. The molecule has 0 atom stereocenters. The van der Waals surface area contributed by atoms with Crippen molar-refractivity contribution in [2.24, 2.45) is 5.14 Å². The molecule has 6 amide bonds. The lowest BCUT2D eigenvalue weighted by atomic mass is 10.0. The Morgan fingerprint density at radius 1 is 0.573 bits per heavy atom. The Balaban J connectivity index is 0.000000139. The molecular weight excluding hydrogens is 1240 g/mol. The number of nitrogens with two attached hydrogens (primary N) is 1. The molecule has 490 valence electrons. The van der Waals surface area contributed by atoms with E-state index in [1.807, 2.05) is 109 Å². The molecule has 22 nitrogen and oxygen atoms in total. The molecule has 0 bridgehead atoms. The molecule has 0 aliphatic carbocycles. The fraction of sp³-hybridized carbons (Fsp3) is 0.164. The monoisotopic (exact) mass is 1310 g/mol. The third-order valence-electron chi connectivity index (χ3n) is 16.5. The Kier molecular flexibility index (Phi) is 20.0. The molecule has 23 heteroatoms. The van der Waals surface area contributed by atoms with Crippen LogP contribution in [0.25, 0.3) is 0 Å². The van der Waals surface area contributed by atoms with Crippen LogP contribution < -0.4 is 62.4 Å². The Labute approximate surface area is 556 Å². The average Bonchev–Trinajstić information content (AvgIpc) is 1.63. The lowest BCUT2D eigenvalue weighted by Gasteiger charge is -2.18. The molecule has 0 unspecified atom stereocenters. The van der Waals surface area contributed by atoms with Gasteiger partial charge in [-0.2, -0.15) is 0 Å². The van der Waals surface area contributed by atoms with Crippen LogP contribution in [0.15, 0.2) is 206 Å². The first-order valence-corrected chi connectivity index (χ1v) is 31.8. The van der Waals surface area contributed by atoms with Crippen molar-refractivity contribution < 1.29 is 46.7 Å². The smallest absolute Gasteiger partial charge is 0.337 e. The van der Waals surface area contributed by atoms with Crippen LogP contribution in [0.4, 0.5) is 56.9 Å². The van der Waals surface area contributed by atoms with E-state index in [0.29, 0.717) is 60.3 Å². The summed E-state index contributed by atoms with van der Waals surface area (Å²) in [5, 5.41) is 28.8. The Morgan fingerprint density at radius 2 is 1.14 bits per heavy atom. The molecule has 96 heavy (non-hydrogen) atoms. The van der Waals surface area contributed by atoms with Gasteiger partial charge in [-0.3, -0.25) is 28.8 Å². The summed E-state index contributed by atoms with van der Waals surface area (Å²) >= 11 is 0. The molecule has 0 radical (unpaired) electrons. The topological polar surface area (TPSA) is 295 Å². The van der Waals surface area contributed by atoms with Gasteiger partial charge in [0.2, 0.25) is 27.7 Å². The highest BCUT2D eigenvalue weighted by Gasteiger charge is 2.30. The SMILES string of the molecule is C.C=C1Cc2cc(C(=O)N(C)c3ccccc3)ccc2N1.C=C1Nc2ccc(CC(=O)N3CCc4c(C(=O)NC)cccc43)cc2N1.C=C1Nc2ccc(CC(=O)N3CCc4cc(C(=O)OC)ccc43)cc2N1.NS(=O)(=O)c1ccc(C(=O)Nc2ccc3c(c2)CC(=O)N3)cc1. The number of amides is 6. The first-order chi connectivity index (χ1) is 45.6. The largest absolute Gasteiger partial charge is 0.465 e. The number of allylic oxidation sites excluding steroid dienone is 1. The second kappa shape index (κ2) is 28.6. The minimum atomic E-state index is -3.79. The molecule has 0 fully saturated rings. The minimum absolute atomic E-state index is 0. The van der Waals surface area contributed by atoms with E-state index in [9.17, 15) is 42.0 Å². The standard InChI is InChI=1S/C20H20N4O2.C20H19N3O3.C17H16N2O.C15H13N3O4S.CH4/c1-12-22-16-7-6-13(10-17(16)23-12)11-19(25)24-9-8-14-15(20(26)21-2)4-3-5-18(14)24;1-12-21-16-5-3-13(9-17(16)22-12)10-19(24)23-8-7-14-11-15(20(25)26-2)4-6-18(14)23;1-12-10-14-11-13(8-9-16(14)18-12)17(20)19(2)15-6-4-3-5-7-15;16-23(21,22)12-4-1-9(2-5-12)15(20)17-11-3-6-13-10(7-11)8-14(19)18-13;/h3-7,10,22-23H,1,8-9,11H2,2H3,(H,21,26);3-6,9,11,21-22H,1,7-8,10H2,2H3;3-9,11,18H,1,10H2,2H3;1-7H,8H2,(H,17,20)(H,18,19)(H2,16,21,22);1H4. The third-order valence-corrected chi connectivity index (χ3v) is 17.4. The molecule has 14 rings (SSSR count). The highest BCUT2D eigenvalue weighted by atomic mass is 32.2. The number of nitrogens with zero attached hydrogens (tertiary/aromatic N) is 3. The van der Waals surface area contributed by atoms with Gasteiger partial charge in [0.15, 0.2) is 0 Å². The van der Waals surface area contributed by atoms with Crippen LogP contribution >= 0.6 is 0 Å². The number of nitrogens with one attached hydrogen (secondary N) is 8. The number of esters is 1. The van der Waals surface area contributed by atoms with E-state index in [1.54, 1.807) is 59.1 Å². The fourth-order valence-corrected chi connectivity index (χ4v) is 12.3. The number of primary sulfonamides is 1. The predicted molar refractivity (Wildman–Crippen MR) is 376 cm³/mol. The molecule has 6 heterocycles. The quantitative estimate of drug-likeness (QED) is 0.0544. The summed E-state index contributed by atoms with van der Waals surface area (Å²) in [5.74, 6) is 0.590. The minimum Gasteiger partial charge on any atom is -0.465 e. The summed E-state index contributed by atoms with van der Waals surface area (Å²) in [6, 6.07) is 48.4. The number of hydrogen-bond acceptors (Lipinski definition) is 15. The van der Waals surface area contributed by atoms with Gasteiger partial charge in [-0.25, -0.2) is 18.4 Å². The van der Waals surface area contributed by atoms with E-state index in [1.165, 1.54) is 31.4 Å². The van der Waals surface area contributed by atoms with Crippen LogP contribution in [-0.4, -0.2) is 84.1 Å². The van der Waals surface area contributed by atoms with Crippen LogP contribution in [0.3, 0.4) is 0 Å². The second-order valence-corrected chi connectivity index (χ2v) is 24.5. The predicted octanol–water partition coefficient (Wildman–Crippen LogP) is 10.6. The van der Waals surface area contributed by atoms with E-state index in [0.717, 1.165) is 115 Å². The van der Waals surface area contributed by atoms with Crippen LogP contribution in [0.2, 0.25) is 0 Å². The van der Waals surface area contributed by atoms with Crippen molar-refractivity contribution in [1.82, 2.24) is 5.32 Å². The van der Waals surface area contributed by atoms with Crippen molar-refractivity contribution in [1.29, 1.82) is 0 Å². The van der Waals surface area contributed by atoms with Gasteiger partial charge in [0.05, 0.1) is 59.6 Å². The van der Waals surface area contributed by atoms with E-state index < -0.39 is 10.0 Å². The van der Waals surface area contributed by atoms with Gasteiger partial charge in [-0.1, -0.05) is 63.6 Å². The van der Waals surface area contributed by atoms with E-state index in [-0.39, 0.29) is 60.2 Å². The highest BCUT2D eigenvalue weighted by Crippen LogP contribution is 2.36. The number of carbonyl (C=O) groups is 7. The summed E-state index contributed by atoms with van der Waals surface area (Å²) in [4.78, 5) is 90.5. The number of carbonyl (C=O) groups excluding carboxylic acids is 7. The number of fused-ring (bicyclic) bond motifs is 6. The van der Waals surface area contributed by atoms with Crippen LogP contribution in [-0.2, 0) is 67.7 Å². The summed E-state index contributed by atoms with van der Waals surface area (Å²) in [6.45, 7) is 12.8.